The summed E-state index contributed by atoms with van der Waals surface area (Å²) < 4.78 is 12.6. The molecule has 1 aliphatic carbocycles. The fourth-order valence-corrected chi connectivity index (χ4v) is 3.73. The zero-order valence-corrected chi connectivity index (χ0v) is 25.8. The molecule has 4 atom stereocenters. The van der Waals surface area contributed by atoms with E-state index in [-0.39, 0.29) is 0 Å². The fraction of sp³-hybridized carbons (Fsp3) is 0.750. The first kappa shape index (κ1) is 35.0. The molecule has 1 aromatic rings. The molecule has 1 unspecified atom stereocenters. The number of ether oxygens (including phenoxy) is 1. The molecule has 2 N–H and O–H groups in total. The number of carbonyl (C=O) groups is 1. The Morgan fingerprint density at radius 3 is 1.69 bits per heavy atom. The van der Waals surface area contributed by atoms with Gasteiger partial charge in [-0.15, -0.1) is 13.1 Å². The van der Waals surface area contributed by atoms with Crippen molar-refractivity contribution in [1.82, 2.24) is 0 Å². The summed E-state index contributed by atoms with van der Waals surface area (Å²) in [5, 5.41) is 28.8. The Labute approximate surface area is 229 Å². The Bertz CT molecular complexity index is 678. The second-order valence-electron chi connectivity index (χ2n) is 11.7. The maximum absolute atomic E-state index is 10.9. The molecule has 2 rings (SSSR count). The first-order chi connectivity index (χ1) is 16.8. The van der Waals surface area contributed by atoms with E-state index in [4.69, 9.17) is 14.2 Å². The van der Waals surface area contributed by atoms with Crippen LogP contribution in [0.1, 0.15) is 91.7 Å². The molecule has 1 saturated carbocycles. The van der Waals surface area contributed by atoms with Crippen molar-refractivity contribution in [2.24, 2.45) is 10.8 Å². The molecular weight excluding hydrogens is 635 g/mol. The second-order valence-corrected chi connectivity index (χ2v) is 11.7. The summed E-state index contributed by atoms with van der Waals surface area (Å²) in [7, 11) is 1.16. The van der Waals surface area contributed by atoms with Crippen LogP contribution in [0.25, 0.3) is 10.6 Å². The number of aliphatic hydroxyl groups excluding tert-OH is 2. The topological polar surface area (TPSA) is 112 Å². The molecule has 1 fully saturated rings. The Morgan fingerprint density at radius 1 is 0.917 bits per heavy atom. The molecule has 0 heterocycles. The predicted molar refractivity (Wildman–Crippen MR) is 141 cm³/mol. The molecule has 0 aliphatic heterocycles. The van der Waals surface area contributed by atoms with Crippen LogP contribution in [0.3, 0.4) is 0 Å². The third kappa shape index (κ3) is 15.9. The van der Waals surface area contributed by atoms with E-state index in [1.165, 1.54) is 38.5 Å². The molecule has 1 aromatic carbocycles. The Balaban J connectivity index is 0.000000671. The Hall–Kier alpha value is -1.03. The molecule has 0 aromatic heterocycles. The molecule has 210 valence electrons. The van der Waals surface area contributed by atoms with Crippen LogP contribution in [0.2, 0.25) is 0 Å². The van der Waals surface area contributed by atoms with Crippen molar-refractivity contribution < 1.29 is 41.8 Å². The van der Waals surface area contributed by atoms with E-state index in [0.29, 0.717) is 47.0 Å². The van der Waals surface area contributed by atoms with Crippen LogP contribution in [-0.4, -0.2) is 54.6 Å². The third-order valence-corrected chi connectivity index (χ3v) is 6.03. The van der Waals surface area contributed by atoms with Crippen molar-refractivity contribution in [3.8, 4) is 0 Å². The van der Waals surface area contributed by atoms with E-state index in [9.17, 15) is 15.0 Å². The van der Waals surface area contributed by atoms with Gasteiger partial charge in [0, 0.05) is 0 Å². The van der Waals surface area contributed by atoms with Crippen molar-refractivity contribution in [2.75, 3.05) is 20.2 Å². The zero-order valence-electron chi connectivity index (χ0n) is 23.2. The first-order valence-corrected chi connectivity index (χ1v) is 13.8. The van der Waals surface area contributed by atoms with Crippen LogP contribution < -0.4 is 0 Å². The summed E-state index contributed by atoms with van der Waals surface area (Å²) in [6.07, 6.45) is 4.80. The van der Waals surface area contributed by atoms with Gasteiger partial charge in [-0.25, -0.2) is 4.79 Å². The molecule has 0 bridgehead atoms. The summed E-state index contributed by atoms with van der Waals surface area (Å²) >= 11 is 0.611. The molecule has 1 aliphatic rings. The number of hydrogen-bond donors (Lipinski definition) is 2. The number of hydrogen-bond acceptors (Lipinski definition) is 5. The van der Waals surface area contributed by atoms with E-state index in [1.54, 1.807) is 30.3 Å². The molecule has 36 heavy (non-hydrogen) atoms. The zero-order chi connectivity index (χ0) is 27.8. The van der Waals surface area contributed by atoms with Gasteiger partial charge in [0.15, 0.2) is 6.10 Å². The molecule has 8 heteroatoms. The second kappa shape index (κ2) is 18.3. The first-order valence-electron chi connectivity index (χ1n) is 12.8. The summed E-state index contributed by atoms with van der Waals surface area (Å²) in [5.41, 5.74) is 1.28. The van der Waals surface area contributed by atoms with Gasteiger partial charge in [0.1, 0.15) is 6.10 Å². The maximum atomic E-state index is 10.9. The minimum absolute atomic E-state index is 0.400. The van der Waals surface area contributed by atoms with Gasteiger partial charge >= 0.3 is 28.1 Å². The number of benzene rings is 1. The quantitative estimate of drug-likeness (QED) is 0.308. The van der Waals surface area contributed by atoms with Crippen molar-refractivity contribution in [3.63, 3.8) is 0 Å². The van der Waals surface area contributed by atoms with Crippen molar-refractivity contribution in [2.45, 2.75) is 104 Å². The minimum atomic E-state index is -1.54. The average molecular weight is 683 g/mol. The summed E-state index contributed by atoms with van der Waals surface area (Å²) in [6, 6.07) is 9.46. The Morgan fingerprint density at radius 2 is 1.33 bits per heavy atom. The van der Waals surface area contributed by atoms with Crippen LogP contribution in [0.4, 0.5) is 0 Å². The summed E-state index contributed by atoms with van der Waals surface area (Å²) in [4.78, 5) is 10.9. The van der Waals surface area contributed by atoms with Crippen LogP contribution in [0, 0.1) is 10.8 Å². The van der Waals surface area contributed by atoms with Gasteiger partial charge in [-0.1, -0.05) is 110 Å². The van der Waals surface area contributed by atoms with E-state index < -0.39 is 18.2 Å². The average Bonchev–Trinajstić information content (AvgIpc) is 2.84. The van der Waals surface area contributed by atoms with E-state index >= 15 is 0 Å². The van der Waals surface area contributed by atoms with Crippen molar-refractivity contribution >= 4 is 5.97 Å². The predicted octanol–water partition coefficient (Wildman–Crippen LogP) is 6.05. The SMILES string of the molecule is CC(C)(C)CC[N-]C1CCCC[C@H]1[N-]CCC(C)(C)C.COC(=O)[C@@H](O)[C@H](O)c1ccccc1.[O]=[Os]. The Kier molecular flexibility index (Phi) is 17.7. The molecule has 0 spiro atoms. The van der Waals surface area contributed by atoms with Crippen LogP contribution >= 0.6 is 0 Å². The van der Waals surface area contributed by atoms with Gasteiger partial charge in [-0.3, -0.25) is 0 Å². The van der Waals surface area contributed by atoms with Gasteiger partial charge in [0.2, 0.25) is 0 Å². The summed E-state index contributed by atoms with van der Waals surface area (Å²) in [5.74, 6) is -0.846. The fourth-order valence-electron chi connectivity index (χ4n) is 3.73. The van der Waals surface area contributed by atoms with Crippen LogP contribution in [-0.2, 0) is 31.6 Å². The van der Waals surface area contributed by atoms with E-state index in [2.05, 4.69) is 46.3 Å². The van der Waals surface area contributed by atoms with Crippen molar-refractivity contribution in [3.05, 3.63) is 46.5 Å². The van der Waals surface area contributed by atoms with Gasteiger partial charge in [-0.05, 0) is 16.4 Å². The molecule has 0 saturated heterocycles. The van der Waals surface area contributed by atoms with Gasteiger partial charge < -0.3 is 25.6 Å². The number of esters is 1. The normalized spacial score (nSPS) is 19.6. The number of carbonyl (C=O) groups excluding carboxylic acids is 1. The van der Waals surface area contributed by atoms with Gasteiger partial charge in [0.25, 0.3) is 0 Å². The van der Waals surface area contributed by atoms with Crippen LogP contribution in [0.5, 0.6) is 0 Å². The molecule has 0 amide bonds. The van der Waals surface area contributed by atoms with E-state index in [1.807, 2.05) is 0 Å². The molecule has 0 radical (unpaired) electrons. The van der Waals surface area contributed by atoms with E-state index in [0.717, 1.165) is 20.2 Å². The number of nitrogens with zero attached hydrogens (tertiary/aromatic N) is 2. The van der Waals surface area contributed by atoms with Gasteiger partial charge in [-0.2, -0.15) is 12.1 Å². The number of methoxy groups -OCH3 is 1. The monoisotopic (exact) mass is 684 g/mol. The van der Waals surface area contributed by atoms with Gasteiger partial charge in [0.05, 0.1) is 7.11 Å². The standard InChI is InChI=1S/C18H36N2.C10H12O4.O.Os/c1-17(2,3)11-13-19-15-9-7-8-10-16(15)20-14-12-18(4,5)6;1-14-10(13)9(12)8(11)7-5-3-2-4-6-7;;/h15-16H,7-14H2,1-6H3;2-6,8-9,11-12H,1H3;;/q-2;;;/t15-,16?;8-,9+;;/m11../s1. The summed E-state index contributed by atoms with van der Waals surface area (Å²) in [6.45, 7) is 15.8. The number of rotatable bonds is 9. The molecular formula is C28H48N2O5Os-2. The van der Waals surface area contributed by atoms with Crippen LogP contribution in [0.15, 0.2) is 30.3 Å². The van der Waals surface area contributed by atoms with Crippen molar-refractivity contribution in [1.29, 1.82) is 0 Å². The molecule has 7 nitrogen and oxygen atoms in total. The third-order valence-electron chi connectivity index (χ3n) is 6.03. The number of aliphatic hydroxyl groups is 2.